The van der Waals surface area contributed by atoms with E-state index in [1.54, 1.807) is 0 Å². The summed E-state index contributed by atoms with van der Waals surface area (Å²) in [5, 5.41) is 0.862. The largest absolute Gasteiger partial charge is 0.490 e. The second-order valence-corrected chi connectivity index (χ2v) is 6.19. The highest BCUT2D eigenvalue weighted by Gasteiger charge is 2.08. The molecule has 0 saturated heterocycles. The molecule has 0 aromatic heterocycles. The van der Waals surface area contributed by atoms with Crippen molar-refractivity contribution in [1.29, 1.82) is 0 Å². The topological polar surface area (TPSA) is 9.23 Å². The van der Waals surface area contributed by atoms with Gasteiger partial charge in [0.2, 0.25) is 0 Å². The van der Waals surface area contributed by atoms with Crippen molar-refractivity contribution in [2.24, 2.45) is 0 Å². The fraction of sp³-hybridized carbons (Fsp3) is 0.333. The molecule has 0 aliphatic rings. The fourth-order valence-corrected chi connectivity index (χ4v) is 2.29. The molecule has 1 radical (unpaired) electrons. The van der Waals surface area contributed by atoms with Gasteiger partial charge in [0.05, 0.1) is 13.8 Å². The third-order valence-electron chi connectivity index (χ3n) is 1.43. The van der Waals surface area contributed by atoms with Crippen LogP contribution in [0.3, 0.4) is 0 Å². The SMILES string of the molecule is BrCC(Br)COc1c(Br)c[c]cc1Br. The number of ether oxygens (including phenoxy) is 1. The predicted molar refractivity (Wildman–Crippen MR) is 72.7 cm³/mol. The summed E-state index contributed by atoms with van der Waals surface area (Å²) in [6.45, 7) is 0.618. The van der Waals surface area contributed by atoms with Crippen LogP contribution in [0.4, 0.5) is 0 Å². The van der Waals surface area contributed by atoms with Crippen molar-refractivity contribution in [1.82, 2.24) is 0 Å². The van der Waals surface area contributed by atoms with Crippen molar-refractivity contribution >= 4 is 63.7 Å². The van der Waals surface area contributed by atoms with E-state index in [2.05, 4.69) is 69.8 Å². The van der Waals surface area contributed by atoms with Gasteiger partial charge in [-0.15, -0.1) is 0 Å². The molecule has 0 heterocycles. The molecule has 1 nitrogen and oxygen atoms in total. The molecular formula is C9H7Br4O. The molecular weight excluding hydrogens is 444 g/mol. The number of hydrogen-bond donors (Lipinski definition) is 0. The maximum atomic E-state index is 5.63. The molecule has 0 amide bonds. The van der Waals surface area contributed by atoms with Crippen molar-refractivity contribution < 1.29 is 4.74 Å². The lowest BCUT2D eigenvalue weighted by Gasteiger charge is -2.11. The molecule has 1 unspecified atom stereocenters. The highest BCUT2D eigenvalue weighted by Crippen LogP contribution is 2.33. The van der Waals surface area contributed by atoms with E-state index in [-0.39, 0.29) is 0 Å². The van der Waals surface area contributed by atoms with E-state index in [4.69, 9.17) is 4.74 Å². The molecule has 5 heteroatoms. The average molecular weight is 451 g/mol. The molecule has 0 fully saturated rings. The molecule has 1 aromatic rings. The maximum Gasteiger partial charge on any atom is 0.147 e. The smallest absolute Gasteiger partial charge is 0.147 e. The molecule has 0 N–H and O–H groups in total. The Morgan fingerprint density at radius 2 is 1.86 bits per heavy atom. The first-order valence-corrected chi connectivity index (χ1v) is 7.45. The summed E-state index contributed by atoms with van der Waals surface area (Å²) in [5.74, 6) is 0.814. The van der Waals surface area contributed by atoms with Gasteiger partial charge in [-0.3, -0.25) is 0 Å². The Labute approximate surface area is 117 Å². The lowest BCUT2D eigenvalue weighted by Crippen LogP contribution is -2.12. The third-order valence-corrected chi connectivity index (χ3v) is 4.85. The van der Waals surface area contributed by atoms with Crippen molar-refractivity contribution in [3.8, 4) is 5.75 Å². The number of hydrogen-bond acceptors (Lipinski definition) is 1. The molecule has 14 heavy (non-hydrogen) atoms. The van der Waals surface area contributed by atoms with Gasteiger partial charge in [-0.05, 0) is 50.1 Å². The second-order valence-electron chi connectivity index (χ2n) is 2.54. The Kier molecular flexibility index (Phi) is 6.05. The quantitative estimate of drug-likeness (QED) is 0.612. The van der Waals surface area contributed by atoms with Gasteiger partial charge in [0.25, 0.3) is 0 Å². The standard InChI is InChI=1S/C9H7Br4O/c10-4-6(11)5-14-9-7(12)2-1-3-8(9)13/h2-3,6H,4-5H2. The molecule has 0 spiro atoms. The summed E-state index contributed by atoms with van der Waals surface area (Å²) in [4.78, 5) is 0.311. The zero-order chi connectivity index (χ0) is 10.6. The number of benzene rings is 1. The van der Waals surface area contributed by atoms with Crippen LogP contribution in [-0.4, -0.2) is 16.8 Å². The van der Waals surface area contributed by atoms with E-state index >= 15 is 0 Å². The van der Waals surface area contributed by atoms with Crippen LogP contribution < -0.4 is 4.74 Å². The minimum Gasteiger partial charge on any atom is -0.490 e. The van der Waals surface area contributed by atoms with Gasteiger partial charge in [0.1, 0.15) is 12.4 Å². The summed E-state index contributed by atoms with van der Waals surface area (Å²) < 4.78 is 7.44. The summed E-state index contributed by atoms with van der Waals surface area (Å²) in [6, 6.07) is 6.64. The van der Waals surface area contributed by atoms with Crippen molar-refractivity contribution in [3.05, 3.63) is 27.1 Å². The third kappa shape index (κ3) is 3.83. The van der Waals surface area contributed by atoms with Crippen LogP contribution in [0.5, 0.6) is 5.75 Å². The number of rotatable bonds is 4. The van der Waals surface area contributed by atoms with E-state index in [1.165, 1.54) is 0 Å². The highest BCUT2D eigenvalue weighted by molar-refractivity contribution is 9.12. The summed E-state index contributed by atoms with van der Waals surface area (Å²) in [6.07, 6.45) is 0. The average Bonchev–Trinajstić information content (AvgIpc) is 2.16. The molecule has 1 aromatic carbocycles. The highest BCUT2D eigenvalue weighted by atomic mass is 79.9. The molecule has 1 rings (SSSR count). The van der Waals surface area contributed by atoms with E-state index < -0.39 is 0 Å². The summed E-state index contributed by atoms with van der Waals surface area (Å²) >= 11 is 13.7. The molecule has 0 aliphatic carbocycles. The van der Waals surface area contributed by atoms with Crippen LogP contribution >= 0.6 is 63.7 Å². The monoisotopic (exact) mass is 447 g/mol. The van der Waals surface area contributed by atoms with Crippen LogP contribution in [0, 0.1) is 6.07 Å². The Balaban J connectivity index is 2.66. The number of alkyl halides is 2. The molecule has 0 saturated carbocycles. The first-order chi connectivity index (χ1) is 6.65. The maximum absolute atomic E-state index is 5.63. The predicted octanol–water partition coefficient (Wildman–Crippen LogP) is 4.55. The lowest BCUT2D eigenvalue weighted by molar-refractivity contribution is 0.321. The minimum atomic E-state index is 0.311. The van der Waals surface area contributed by atoms with Crippen molar-refractivity contribution in [3.63, 3.8) is 0 Å². The molecule has 0 bridgehead atoms. The van der Waals surface area contributed by atoms with Crippen LogP contribution in [-0.2, 0) is 0 Å². The van der Waals surface area contributed by atoms with Crippen LogP contribution in [0.2, 0.25) is 0 Å². The van der Waals surface area contributed by atoms with Gasteiger partial charge >= 0.3 is 0 Å². The Morgan fingerprint density at radius 1 is 1.29 bits per heavy atom. The van der Waals surface area contributed by atoms with Gasteiger partial charge < -0.3 is 4.74 Å². The van der Waals surface area contributed by atoms with E-state index in [9.17, 15) is 0 Å². The molecule has 1 atom stereocenters. The van der Waals surface area contributed by atoms with Crippen molar-refractivity contribution in [2.45, 2.75) is 4.83 Å². The normalized spacial score (nSPS) is 12.6. The van der Waals surface area contributed by atoms with Gasteiger partial charge in [-0.2, -0.15) is 0 Å². The van der Waals surface area contributed by atoms with Gasteiger partial charge in [-0.1, -0.05) is 31.9 Å². The molecule has 77 valence electrons. The van der Waals surface area contributed by atoms with Crippen LogP contribution in [0.15, 0.2) is 21.1 Å². The zero-order valence-electron chi connectivity index (χ0n) is 7.07. The van der Waals surface area contributed by atoms with E-state index in [1.807, 2.05) is 12.1 Å². The number of halogens is 4. The molecule has 0 aliphatic heterocycles. The zero-order valence-corrected chi connectivity index (χ0v) is 13.4. The van der Waals surface area contributed by atoms with Crippen LogP contribution in [0.1, 0.15) is 0 Å². The van der Waals surface area contributed by atoms with E-state index in [0.29, 0.717) is 11.4 Å². The van der Waals surface area contributed by atoms with Crippen LogP contribution in [0.25, 0.3) is 0 Å². The second kappa shape index (κ2) is 6.51. The Morgan fingerprint density at radius 3 is 2.36 bits per heavy atom. The Hall–Kier alpha value is 0.940. The minimum absolute atomic E-state index is 0.311. The Bertz CT molecular complexity index is 283. The first kappa shape index (κ1) is 13.0. The summed E-state index contributed by atoms with van der Waals surface area (Å²) in [5.41, 5.74) is 0. The van der Waals surface area contributed by atoms with Gasteiger partial charge in [0, 0.05) is 5.33 Å². The van der Waals surface area contributed by atoms with Gasteiger partial charge in [-0.25, -0.2) is 0 Å². The lowest BCUT2D eigenvalue weighted by atomic mass is 10.3. The first-order valence-electron chi connectivity index (χ1n) is 3.83. The fourth-order valence-electron chi connectivity index (χ4n) is 0.789. The van der Waals surface area contributed by atoms with Gasteiger partial charge in [0.15, 0.2) is 0 Å². The summed E-state index contributed by atoms with van der Waals surface area (Å²) in [7, 11) is 0. The van der Waals surface area contributed by atoms with E-state index in [0.717, 1.165) is 20.0 Å². The van der Waals surface area contributed by atoms with Crippen molar-refractivity contribution in [2.75, 3.05) is 11.9 Å².